The molecular weight excluding hydrogens is 234 g/mol. The highest BCUT2D eigenvalue weighted by Gasteiger charge is 2.28. The summed E-state index contributed by atoms with van der Waals surface area (Å²) in [4.78, 5) is 0. The summed E-state index contributed by atoms with van der Waals surface area (Å²) in [5.74, 6) is -0.258. The molecule has 2 atom stereocenters. The van der Waals surface area contributed by atoms with Gasteiger partial charge in [-0.1, -0.05) is 19.1 Å². The van der Waals surface area contributed by atoms with Gasteiger partial charge >= 0.3 is 0 Å². The minimum atomic E-state index is -0.817. The lowest BCUT2D eigenvalue weighted by Gasteiger charge is -2.20. The molecule has 3 N–H and O–H groups in total. The lowest BCUT2D eigenvalue weighted by Crippen LogP contribution is -2.32. The van der Waals surface area contributed by atoms with E-state index in [9.17, 15) is 8.78 Å². The van der Waals surface area contributed by atoms with E-state index in [-0.39, 0.29) is 12.6 Å². The van der Waals surface area contributed by atoms with Crippen LogP contribution in [0.2, 0.25) is 0 Å². The van der Waals surface area contributed by atoms with Gasteiger partial charge in [-0.05, 0) is 37.3 Å². The van der Waals surface area contributed by atoms with Gasteiger partial charge in [0.05, 0.1) is 0 Å². The summed E-state index contributed by atoms with van der Waals surface area (Å²) in [6, 6.07) is 3.91. The van der Waals surface area contributed by atoms with Crippen LogP contribution < -0.4 is 11.1 Å². The van der Waals surface area contributed by atoms with Gasteiger partial charge in [-0.25, -0.2) is 8.78 Å². The fourth-order valence-electron chi connectivity index (χ4n) is 2.27. The van der Waals surface area contributed by atoms with Crippen LogP contribution in [0.4, 0.5) is 8.78 Å². The Balaban J connectivity index is 2.00. The first-order chi connectivity index (χ1) is 8.63. The molecule has 1 aliphatic carbocycles. The van der Waals surface area contributed by atoms with Crippen LogP contribution in [0.1, 0.15) is 31.4 Å². The van der Waals surface area contributed by atoms with E-state index in [1.807, 2.05) is 0 Å². The topological polar surface area (TPSA) is 38.0 Å². The van der Waals surface area contributed by atoms with Gasteiger partial charge in [-0.15, -0.1) is 0 Å². The summed E-state index contributed by atoms with van der Waals surface area (Å²) < 4.78 is 26.8. The molecule has 0 aromatic heterocycles. The molecule has 0 heterocycles. The van der Waals surface area contributed by atoms with Crippen molar-refractivity contribution < 1.29 is 8.78 Å². The number of hydrogen-bond acceptors (Lipinski definition) is 2. The monoisotopic (exact) mass is 254 g/mol. The maximum Gasteiger partial charge on any atom is 0.163 e. The van der Waals surface area contributed by atoms with Crippen molar-refractivity contribution >= 4 is 0 Å². The largest absolute Gasteiger partial charge is 0.329 e. The predicted molar refractivity (Wildman–Crippen MR) is 68.0 cm³/mol. The maximum absolute atomic E-state index is 13.7. The van der Waals surface area contributed by atoms with Crippen LogP contribution in [0, 0.1) is 23.5 Å². The lowest BCUT2D eigenvalue weighted by molar-refractivity contribution is 0.408. The zero-order chi connectivity index (χ0) is 13.1. The average molecular weight is 254 g/mol. The fourth-order valence-corrected chi connectivity index (χ4v) is 2.27. The van der Waals surface area contributed by atoms with Crippen molar-refractivity contribution in [1.82, 2.24) is 5.32 Å². The highest BCUT2D eigenvalue weighted by atomic mass is 19.2. The Labute approximate surface area is 107 Å². The molecule has 0 spiro atoms. The van der Waals surface area contributed by atoms with Crippen LogP contribution >= 0.6 is 0 Å². The van der Waals surface area contributed by atoms with Gasteiger partial charge in [0.1, 0.15) is 0 Å². The second kappa shape index (κ2) is 5.76. The second-order valence-electron chi connectivity index (χ2n) is 5.15. The van der Waals surface area contributed by atoms with Crippen molar-refractivity contribution in [1.29, 1.82) is 0 Å². The number of benzene rings is 1. The van der Waals surface area contributed by atoms with E-state index in [0.717, 1.165) is 18.5 Å². The van der Waals surface area contributed by atoms with Gasteiger partial charge in [-0.3, -0.25) is 0 Å². The number of nitrogens with one attached hydrogen (secondary N) is 1. The van der Waals surface area contributed by atoms with E-state index < -0.39 is 11.6 Å². The molecule has 2 nitrogen and oxygen atoms in total. The van der Waals surface area contributed by atoms with Crippen LogP contribution in [0.15, 0.2) is 18.2 Å². The molecule has 0 saturated heterocycles. The number of nitrogens with two attached hydrogens (primary N) is 1. The Bertz CT molecular complexity index is 405. The first-order valence-corrected chi connectivity index (χ1v) is 6.50. The van der Waals surface area contributed by atoms with Gasteiger partial charge in [-0.2, -0.15) is 0 Å². The predicted octanol–water partition coefficient (Wildman–Crippen LogP) is 2.60. The van der Waals surface area contributed by atoms with Crippen LogP contribution in [-0.4, -0.2) is 13.1 Å². The molecule has 18 heavy (non-hydrogen) atoms. The van der Waals surface area contributed by atoms with E-state index in [0.29, 0.717) is 11.5 Å². The molecule has 0 amide bonds. The molecule has 1 saturated carbocycles. The third-order valence-corrected chi connectivity index (χ3v) is 3.71. The zero-order valence-corrected chi connectivity index (χ0v) is 10.6. The van der Waals surface area contributed by atoms with E-state index in [2.05, 4.69) is 12.2 Å². The van der Waals surface area contributed by atoms with Crippen molar-refractivity contribution in [3.63, 3.8) is 0 Å². The molecule has 1 aromatic rings. The summed E-state index contributed by atoms with van der Waals surface area (Å²) in [5, 5.41) is 3.24. The molecule has 0 radical (unpaired) electrons. The average Bonchev–Trinajstić information content (AvgIpc) is 3.18. The normalized spacial score (nSPS) is 18.7. The third-order valence-electron chi connectivity index (χ3n) is 3.71. The molecule has 2 unspecified atom stereocenters. The van der Waals surface area contributed by atoms with E-state index in [1.165, 1.54) is 18.9 Å². The third kappa shape index (κ3) is 3.06. The molecule has 2 rings (SSSR count). The summed E-state index contributed by atoms with van der Waals surface area (Å²) in [7, 11) is 0. The Kier molecular flexibility index (Phi) is 4.30. The van der Waals surface area contributed by atoms with E-state index >= 15 is 0 Å². The van der Waals surface area contributed by atoms with Crippen LogP contribution in [0.25, 0.3) is 0 Å². The highest BCUT2D eigenvalue weighted by molar-refractivity contribution is 5.22. The molecule has 1 aliphatic rings. The first kappa shape index (κ1) is 13.4. The molecular formula is C14H20F2N2. The van der Waals surface area contributed by atoms with Crippen LogP contribution in [0.3, 0.4) is 0 Å². The van der Waals surface area contributed by atoms with Crippen LogP contribution in [-0.2, 0) is 0 Å². The van der Waals surface area contributed by atoms with Crippen molar-refractivity contribution in [2.75, 3.05) is 13.1 Å². The minimum absolute atomic E-state index is 0.262. The van der Waals surface area contributed by atoms with Crippen molar-refractivity contribution in [3.8, 4) is 0 Å². The second-order valence-corrected chi connectivity index (χ2v) is 5.15. The lowest BCUT2D eigenvalue weighted by atomic mass is 10.0. The smallest absolute Gasteiger partial charge is 0.163 e. The number of rotatable bonds is 6. The Hall–Kier alpha value is -1.00. The van der Waals surface area contributed by atoms with Crippen molar-refractivity contribution in [2.45, 2.75) is 25.8 Å². The van der Waals surface area contributed by atoms with Gasteiger partial charge in [0.15, 0.2) is 11.6 Å². The van der Waals surface area contributed by atoms with E-state index in [1.54, 1.807) is 6.07 Å². The van der Waals surface area contributed by atoms with Crippen LogP contribution in [0.5, 0.6) is 0 Å². The molecule has 0 bridgehead atoms. The van der Waals surface area contributed by atoms with Gasteiger partial charge in [0.25, 0.3) is 0 Å². The zero-order valence-electron chi connectivity index (χ0n) is 10.6. The summed E-state index contributed by atoms with van der Waals surface area (Å²) in [5.41, 5.74) is 5.97. The summed E-state index contributed by atoms with van der Waals surface area (Å²) in [6.07, 6.45) is 2.56. The molecule has 0 aliphatic heterocycles. The Morgan fingerprint density at radius 3 is 2.72 bits per heavy atom. The fraction of sp³-hybridized carbons (Fsp3) is 0.571. The molecule has 1 aromatic carbocycles. The van der Waals surface area contributed by atoms with Gasteiger partial charge < -0.3 is 11.1 Å². The first-order valence-electron chi connectivity index (χ1n) is 6.50. The van der Waals surface area contributed by atoms with Gasteiger partial charge in [0, 0.05) is 18.2 Å². The Morgan fingerprint density at radius 2 is 2.11 bits per heavy atom. The minimum Gasteiger partial charge on any atom is -0.329 e. The SMILES string of the molecule is CC(CNC(CN)c1cccc(F)c1F)C1CC1. The Morgan fingerprint density at radius 1 is 1.39 bits per heavy atom. The van der Waals surface area contributed by atoms with E-state index in [4.69, 9.17) is 5.73 Å². The maximum atomic E-state index is 13.7. The number of halogens is 2. The standard InChI is InChI=1S/C14H20F2N2/c1-9(10-5-6-10)8-18-13(7-17)11-3-2-4-12(15)14(11)16/h2-4,9-10,13,18H,5-8,17H2,1H3. The van der Waals surface area contributed by atoms with Crippen molar-refractivity contribution in [3.05, 3.63) is 35.4 Å². The highest BCUT2D eigenvalue weighted by Crippen LogP contribution is 2.36. The van der Waals surface area contributed by atoms with Gasteiger partial charge in [0.2, 0.25) is 0 Å². The summed E-state index contributed by atoms with van der Waals surface area (Å²) in [6.45, 7) is 3.24. The molecule has 1 fully saturated rings. The molecule has 4 heteroatoms. The molecule has 100 valence electrons. The quantitative estimate of drug-likeness (QED) is 0.819. The summed E-state index contributed by atoms with van der Waals surface area (Å²) >= 11 is 0. The van der Waals surface area contributed by atoms with Crippen molar-refractivity contribution in [2.24, 2.45) is 17.6 Å². The number of hydrogen-bond donors (Lipinski definition) is 2.